The zero-order valence-corrected chi connectivity index (χ0v) is 13.1. The molecule has 130 valence electrons. The predicted molar refractivity (Wildman–Crippen MR) is 80.4 cm³/mol. The Hall–Kier alpha value is -1.38. The Bertz CT molecular complexity index is 474. The summed E-state index contributed by atoms with van der Waals surface area (Å²) in [5, 5.41) is 9.82. The highest BCUT2D eigenvalue weighted by Gasteiger charge is 2.31. The number of ether oxygens (including phenoxy) is 1. The number of pyridine rings is 1. The first-order valence-corrected chi connectivity index (χ1v) is 7.66. The molecular formula is C15H22F3N3O2. The van der Waals surface area contributed by atoms with Gasteiger partial charge in [0.15, 0.2) is 0 Å². The van der Waals surface area contributed by atoms with Crippen LogP contribution >= 0.6 is 0 Å². The number of nitrogens with zero attached hydrogens (tertiary/aromatic N) is 3. The van der Waals surface area contributed by atoms with Gasteiger partial charge in [-0.05, 0) is 19.1 Å². The average molecular weight is 333 g/mol. The molecule has 1 aliphatic rings. The van der Waals surface area contributed by atoms with E-state index in [4.69, 9.17) is 4.74 Å². The number of alkyl halides is 3. The number of halogens is 3. The van der Waals surface area contributed by atoms with Gasteiger partial charge in [0.2, 0.25) is 0 Å². The lowest BCUT2D eigenvalue weighted by molar-refractivity contribution is -0.137. The van der Waals surface area contributed by atoms with Crippen LogP contribution in [0.1, 0.15) is 12.5 Å². The minimum atomic E-state index is -4.36. The smallest absolute Gasteiger partial charge is 0.389 e. The molecule has 0 amide bonds. The first-order chi connectivity index (χ1) is 10.9. The van der Waals surface area contributed by atoms with Gasteiger partial charge < -0.3 is 14.7 Å². The van der Waals surface area contributed by atoms with Crippen LogP contribution in [0.4, 0.5) is 19.0 Å². The van der Waals surface area contributed by atoms with Gasteiger partial charge in [0.25, 0.3) is 0 Å². The molecule has 23 heavy (non-hydrogen) atoms. The molecule has 0 bridgehead atoms. The van der Waals surface area contributed by atoms with Crippen molar-refractivity contribution >= 4 is 5.82 Å². The number of rotatable bonds is 6. The summed E-state index contributed by atoms with van der Waals surface area (Å²) in [5.41, 5.74) is -0.737. The van der Waals surface area contributed by atoms with E-state index in [1.54, 1.807) is 0 Å². The highest BCUT2D eigenvalue weighted by atomic mass is 19.4. The molecule has 1 aromatic heterocycles. The van der Waals surface area contributed by atoms with Crippen molar-refractivity contribution in [2.45, 2.75) is 19.2 Å². The minimum absolute atomic E-state index is 0.317. The molecule has 1 atom stereocenters. The monoisotopic (exact) mass is 333 g/mol. The molecule has 0 radical (unpaired) electrons. The van der Waals surface area contributed by atoms with Crippen LogP contribution < -0.4 is 4.90 Å². The summed E-state index contributed by atoms with van der Waals surface area (Å²) in [4.78, 5) is 7.98. The maximum atomic E-state index is 12.5. The number of anilines is 1. The van der Waals surface area contributed by atoms with Crippen molar-refractivity contribution < 1.29 is 23.0 Å². The fraction of sp³-hybridized carbons (Fsp3) is 0.667. The molecule has 1 fully saturated rings. The number of piperazine rings is 1. The van der Waals surface area contributed by atoms with Crippen molar-refractivity contribution in [2.75, 3.05) is 50.8 Å². The van der Waals surface area contributed by atoms with Crippen LogP contribution in [0.15, 0.2) is 18.3 Å². The number of β-amino-alcohol motifs (C(OH)–C–C–N with tert-alkyl or cyclic N) is 1. The summed E-state index contributed by atoms with van der Waals surface area (Å²) < 4.78 is 42.8. The van der Waals surface area contributed by atoms with Crippen molar-refractivity contribution in [1.82, 2.24) is 9.88 Å². The molecule has 1 aliphatic heterocycles. The van der Waals surface area contributed by atoms with Crippen LogP contribution in [0.2, 0.25) is 0 Å². The Labute approximate surface area is 133 Å². The quantitative estimate of drug-likeness (QED) is 0.857. The van der Waals surface area contributed by atoms with E-state index in [2.05, 4.69) is 9.88 Å². The van der Waals surface area contributed by atoms with E-state index >= 15 is 0 Å². The first kappa shape index (κ1) is 18.0. The van der Waals surface area contributed by atoms with E-state index in [-0.39, 0.29) is 0 Å². The zero-order chi connectivity index (χ0) is 16.9. The molecule has 0 saturated carbocycles. The summed E-state index contributed by atoms with van der Waals surface area (Å²) in [5.74, 6) is 0.549. The summed E-state index contributed by atoms with van der Waals surface area (Å²) >= 11 is 0. The van der Waals surface area contributed by atoms with E-state index in [9.17, 15) is 18.3 Å². The fourth-order valence-electron chi connectivity index (χ4n) is 2.50. The molecular weight excluding hydrogens is 311 g/mol. The average Bonchev–Trinajstić information content (AvgIpc) is 2.53. The Morgan fingerprint density at radius 2 is 1.96 bits per heavy atom. The predicted octanol–water partition coefficient (Wildman–Crippen LogP) is 1.62. The number of hydrogen-bond donors (Lipinski definition) is 1. The van der Waals surface area contributed by atoms with E-state index < -0.39 is 17.8 Å². The molecule has 8 heteroatoms. The third-order valence-electron chi connectivity index (χ3n) is 3.75. The van der Waals surface area contributed by atoms with Crippen LogP contribution in [0.3, 0.4) is 0 Å². The van der Waals surface area contributed by atoms with Crippen molar-refractivity contribution in [3.63, 3.8) is 0 Å². The van der Waals surface area contributed by atoms with Gasteiger partial charge in [0, 0.05) is 45.5 Å². The van der Waals surface area contributed by atoms with Crippen molar-refractivity contribution in [2.24, 2.45) is 0 Å². The summed E-state index contributed by atoms with van der Waals surface area (Å²) in [6.45, 7) is 6.09. The summed E-state index contributed by atoms with van der Waals surface area (Å²) in [7, 11) is 0. The Morgan fingerprint density at radius 3 is 2.48 bits per heavy atom. The summed E-state index contributed by atoms with van der Waals surface area (Å²) in [6.07, 6.45) is -4.01. The maximum Gasteiger partial charge on any atom is 0.417 e. The second kappa shape index (κ2) is 7.94. The topological polar surface area (TPSA) is 48.8 Å². The molecule has 1 unspecified atom stereocenters. The molecule has 2 rings (SSSR count). The minimum Gasteiger partial charge on any atom is -0.389 e. The maximum absolute atomic E-state index is 12.5. The van der Waals surface area contributed by atoms with Crippen LogP contribution in [-0.2, 0) is 10.9 Å². The van der Waals surface area contributed by atoms with Gasteiger partial charge in [-0.15, -0.1) is 0 Å². The number of aliphatic hydroxyl groups is 1. The van der Waals surface area contributed by atoms with Crippen molar-refractivity contribution in [3.8, 4) is 0 Å². The van der Waals surface area contributed by atoms with Crippen molar-refractivity contribution in [1.29, 1.82) is 0 Å². The first-order valence-electron chi connectivity index (χ1n) is 7.66. The van der Waals surface area contributed by atoms with Crippen molar-refractivity contribution in [3.05, 3.63) is 23.9 Å². The number of aliphatic hydroxyl groups excluding tert-OH is 1. The van der Waals surface area contributed by atoms with Gasteiger partial charge in [-0.1, -0.05) is 0 Å². The molecule has 0 aromatic carbocycles. The standard InChI is InChI=1S/C15H22F3N3O2/c1-2-23-11-13(22)10-20-5-7-21(8-6-20)14-4-3-12(9-19-14)15(16,17)18/h3-4,9,13,22H,2,5-8,10-11H2,1H3. The molecule has 0 spiro atoms. The SMILES string of the molecule is CCOCC(O)CN1CCN(c2ccc(C(F)(F)F)cn2)CC1. The van der Waals surface area contributed by atoms with E-state index in [1.165, 1.54) is 6.07 Å². The van der Waals surface area contributed by atoms with Gasteiger partial charge in [0.1, 0.15) is 5.82 Å². The van der Waals surface area contributed by atoms with Crippen LogP contribution in [0.5, 0.6) is 0 Å². The highest BCUT2D eigenvalue weighted by molar-refractivity contribution is 5.40. The van der Waals surface area contributed by atoms with Gasteiger partial charge in [-0.3, -0.25) is 4.90 Å². The van der Waals surface area contributed by atoms with E-state index in [1.807, 2.05) is 11.8 Å². The Balaban J connectivity index is 1.82. The van der Waals surface area contributed by atoms with Crippen LogP contribution in [0, 0.1) is 0 Å². The van der Waals surface area contributed by atoms with Gasteiger partial charge in [0.05, 0.1) is 18.3 Å². The Morgan fingerprint density at radius 1 is 1.26 bits per heavy atom. The third kappa shape index (κ3) is 5.33. The number of aromatic nitrogens is 1. The third-order valence-corrected chi connectivity index (χ3v) is 3.75. The molecule has 1 N–H and O–H groups in total. The zero-order valence-electron chi connectivity index (χ0n) is 13.1. The van der Waals surface area contributed by atoms with Gasteiger partial charge in [-0.25, -0.2) is 4.98 Å². The van der Waals surface area contributed by atoms with Crippen LogP contribution in [0.25, 0.3) is 0 Å². The molecule has 1 aromatic rings. The largest absolute Gasteiger partial charge is 0.417 e. The second-order valence-corrected chi connectivity index (χ2v) is 5.50. The van der Waals surface area contributed by atoms with Crippen LogP contribution in [-0.4, -0.2) is 67.0 Å². The molecule has 5 nitrogen and oxygen atoms in total. The molecule has 1 saturated heterocycles. The summed E-state index contributed by atoms with van der Waals surface area (Å²) in [6, 6.07) is 2.46. The lowest BCUT2D eigenvalue weighted by atomic mass is 10.2. The lowest BCUT2D eigenvalue weighted by Crippen LogP contribution is -2.49. The second-order valence-electron chi connectivity index (χ2n) is 5.50. The molecule has 0 aliphatic carbocycles. The lowest BCUT2D eigenvalue weighted by Gasteiger charge is -2.36. The van der Waals surface area contributed by atoms with Gasteiger partial charge in [-0.2, -0.15) is 13.2 Å². The van der Waals surface area contributed by atoms with E-state index in [0.29, 0.717) is 38.7 Å². The Kier molecular flexibility index (Phi) is 6.20. The molecule has 2 heterocycles. The highest BCUT2D eigenvalue weighted by Crippen LogP contribution is 2.29. The van der Waals surface area contributed by atoms with E-state index in [0.717, 1.165) is 25.4 Å². The normalized spacial score (nSPS) is 18.2. The number of hydrogen-bond acceptors (Lipinski definition) is 5. The van der Waals surface area contributed by atoms with Gasteiger partial charge >= 0.3 is 6.18 Å². The fourth-order valence-corrected chi connectivity index (χ4v) is 2.50.